The normalized spacial score (nSPS) is 9.50. The molecule has 0 fully saturated rings. The summed E-state index contributed by atoms with van der Waals surface area (Å²) in [5.74, 6) is 5.62. The van der Waals surface area contributed by atoms with Gasteiger partial charge >= 0.3 is 0 Å². The second-order valence-corrected chi connectivity index (χ2v) is 2.66. The zero-order valence-corrected chi connectivity index (χ0v) is 6.09. The van der Waals surface area contributed by atoms with Gasteiger partial charge in [0.2, 0.25) is 0 Å². The largest absolute Gasteiger partial charge is 0.318 e. The molecule has 0 aliphatic rings. The van der Waals surface area contributed by atoms with E-state index in [0.29, 0.717) is 5.92 Å². The molecule has 0 rings (SSSR count). The van der Waals surface area contributed by atoms with Gasteiger partial charge in [-0.1, -0.05) is 26.1 Å². The highest BCUT2D eigenvalue weighted by Gasteiger charge is 1.95. The molecule has 0 heterocycles. The Hall–Kier alpha value is -0.150. The van der Waals surface area contributed by atoms with Crippen LogP contribution in [-0.2, 0) is 0 Å². The van der Waals surface area contributed by atoms with Crippen LogP contribution in [0.3, 0.4) is 0 Å². The van der Waals surface area contributed by atoms with Gasteiger partial charge in [-0.3, -0.25) is 5.84 Å². The molecule has 48 valence electrons. The van der Waals surface area contributed by atoms with Crippen molar-refractivity contribution in [3.05, 3.63) is 0 Å². The van der Waals surface area contributed by atoms with Gasteiger partial charge in [0.25, 0.3) is 0 Å². The van der Waals surface area contributed by atoms with Crippen LogP contribution < -0.4 is 11.3 Å². The molecule has 0 saturated heterocycles. The van der Waals surface area contributed by atoms with E-state index in [9.17, 15) is 0 Å². The number of nitrogens with two attached hydrogens (primary N) is 1. The predicted molar refractivity (Wildman–Crippen MR) is 39.4 cm³/mol. The minimum absolute atomic E-state index is 0.596. The van der Waals surface area contributed by atoms with Crippen LogP contribution in [0.5, 0.6) is 0 Å². The van der Waals surface area contributed by atoms with Gasteiger partial charge in [0.15, 0.2) is 0 Å². The second-order valence-electron chi connectivity index (χ2n) is 2.17. The Morgan fingerprint density at radius 3 is 2.38 bits per heavy atom. The van der Waals surface area contributed by atoms with Crippen molar-refractivity contribution in [1.82, 2.24) is 5.43 Å². The SMILES string of the molecule is CC(C)CC(=S)NN. The number of thiocarbonyl (C=S) groups is 1. The number of hydrogen-bond donors (Lipinski definition) is 2. The lowest BCUT2D eigenvalue weighted by molar-refractivity contribution is 0.676. The van der Waals surface area contributed by atoms with Gasteiger partial charge in [0.1, 0.15) is 0 Å². The number of hydrogen-bond acceptors (Lipinski definition) is 2. The summed E-state index contributed by atoms with van der Waals surface area (Å²) in [5.41, 5.74) is 2.43. The zero-order chi connectivity index (χ0) is 6.57. The average Bonchev–Trinajstić information content (AvgIpc) is 1.65. The van der Waals surface area contributed by atoms with Crippen molar-refractivity contribution < 1.29 is 0 Å². The highest BCUT2D eigenvalue weighted by molar-refractivity contribution is 7.80. The first-order valence-electron chi connectivity index (χ1n) is 2.66. The first kappa shape index (κ1) is 7.85. The Bertz CT molecular complexity index is 80.5. The van der Waals surface area contributed by atoms with Gasteiger partial charge in [-0.15, -0.1) is 0 Å². The molecule has 3 heteroatoms. The number of nitrogens with one attached hydrogen (secondary N) is 1. The molecule has 0 unspecified atom stereocenters. The van der Waals surface area contributed by atoms with Gasteiger partial charge < -0.3 is 5.43 Å². The van der Waals surface area contributed by atoms with Crippen molar-refractivity contribution in [2.24, 2.45) is 11.8 Å². The minimum Gasteiger partial charge on any atom is -0.318 e. The molecule has 0 amide bonds. The minimum atomic E-state index is 0.596. The summed E-state index contributed by atoms with van der Waals surface area (Å²) >= 11 is 4.80. The molecular formula is C5H12N2S. The quantitative estimate of drug-likeness (QED) is 0.332. The Labute approximate surface area is 55.4 Å². The molecule has 8 heavy (non-hydrogen) atoms. The summed E-state index contributed by atoms with van der Waals surface area (Å²) in [5, 5.41) is 0. The van der Waals surface area contributed by atoms with Gasteiger partial charge in [-0.05, 0) is 5.92 Å². The van der Waals surface area contributed by atoms with Crippen LogP contribution in [0.1, 0.15) is 20.3 Å². The van der Waals surface area contributed by atoms with E-state index in [2.05, 4.69) is 19.3 Å². The zero-order valence-electron chi connectivity index (χ0n) is 5.27. The first-order chi connectivity index (χ1) is 3.66. The highest BCUT2D eigenvalue weighted by Crippen LogP contribution is 1.98. The van der Waals surface area contributed by atoms with Crippen molar-refractivity contribution in [3.8, 4) is 0 Å². The van der Waals surface area contributed by atoms with Crippen molar-refractivity contribution in [2.75, 3.05) is 0 Å². The lowest BCUT2D eigenvalue weighted by atomic mass is 10.1. The molecule has 0 aromatic carbocycles. The molecule has 0 bridgehead atoms. The molecule has 2 nitrogen and oxygen atoms in total. The second kappa shape index (κ2) is 3.80. The third-order valence-corrected chi connectivity index (χ3v) is 1.04. The molecule has 0 spiro atoms. The first-order valence-corrected chi connectivity index (χ1v) is 3.07. The maximum absolute atomic E-state index is 5.03. The van der Waals surface area contributed by atoms with E-state index >= 15 is 0 Å². The average molecular weight is 132 g/mol. The van der Waals surface area contributed by atoms with Crippen molar-refractivity contribution in [3.63, 3.8) is 0 Å². The van der Waals surface area contributed by atoms with Crippen LogP contribution in [0, 0.1) is 5.92 Å². The van der Waals surface area contributed by atoms with Crippen LogP contribution in [0.15, 0.2) is 0 Å². The summed E-state index contributed by atoms with van der Waals surface area (Å²) in [7, 11) is 0. The van der Waals surface area contributed by atoms with Gasteiger partial charge in [-0.25, -0.2) is 0 Å². The molecule has 0 saturated carbocycles. The van der Waals surface area contributed by atoms with Crippen LogP contribution in [0.4, 0.5) is 0 Å². The van der Waals surface area contributed by atoms with Crippen molar-refractivity contribution in [1.29, 1.82) is 0 Å². The molecule has 0 aliphatic carbocycles. The topological polar surface area (TPSA) is 38.0 Å². The Morgan fingerprint density at radius 1 is 1.75 bits per heavy atom. The fourth-order valence-electron chi connectivity index (χ4n) is 0.430. The van der Waals surface area contributed by atoms with Crippen LogP contribution >= 0.6 is 12.2 Å². The summed E-state index contributed by atoms with van der Waals surface area (Å²) in [6, 6.07) is 0. The van der Waals surface area contributed by atoms with E-state index in [-0.39, 0.29) is 0 Å². The molecule has 0 aromatic heterocycles. The van der Waals surface area contributed by atoms with Crippen molar-refractivity contribution >= 4 is 17.2 Å². The van der Waals surface area contributed by atoms with Crippen LogP contribution in [0.25, 0.3) is 0 Å². The number of hydrazine groups is 1. The lowest BCUT2D eigenvalue weighted by Gasteiger charge is -2.03. The maximum atomic E-state index is 5.03. The fraction of sp³-hybridized carbons (Fsp3) is 0.800. The van der Waals surface area contributed by atoms with Gasteiger partial charge in [-0.2, -0.15) is 0 Å². The number of rotatable bonds is 2. The molecule has 0 radical (unpaired) electrons. The summed E-state index contributed by atoms with van der Waals surface area (Å²) in [6.45, 7) is 4.20. The van der Waals surface area contributed by atoms with E-state index < -0.39 is 0 Å². The monoisotopic (exact) mass is 132 g/mol. The van der Waals surface area contributed by atoms with Gasteiger partial charge in [0, 0.05) is 6.42 Å². The molecule has 0 aromatic rings. The summed E-state index contributed by atoms with van der Waals surface area (Å²) < 4.78 is 0. The fourth-order valence-corrected chi connectivity index (χ4v) is 0.763. The molecule has 0 atom stereocenters. The van der Waals surface area contributed by atoms with E-state index in [1.165, 1.54) is 0 Å². The maximum Gasteiger partial charge on any atom is 0.0895 e. The molecule has 3 N–H and O–H groups in total. The Kier molecular flexibility index (Phi) is 3.73. The predicted octanol–water partition coefficient (Wildman–Crippen LogP) is 0.823. The standard InChI is InChI=1S/C5H12N2S/c1-4(2)3-5(8)7-6/h4H,3,6H2,1-2H3,(H,7,8). The molecule has 0 aliphatic heterocycles. The van der Waals surface area contributed by atoms with E-state index in [1.807, 2.05) is 0 Å². The van der Waals surface area contributed by atoms with Crippen molar-refractivity contribution in [2.45, 2.75) is 20.3 Å². The highest BCUT2D eigenvalue weighted by atomic mass is 32.1. The smallest absolute Gasteiger partial charge is 0.0895 e. The van der Waals surface area contributed by atoms with E-state index in [4.69, 9.17) is 18.1 Å². The Morgan fingerprint density at radius 2 is 2.25 bits per heavy atom. The Balaban J connectivity index is 3.25. The lowest BCUT2D eigenvalue weighted by Crippen LogP contribution is -2.29. The summed E-state index contributed by atoms with van der Waals surface area (Å²) in [4.78, 5) is 0.736. The van der Waals surface area contributed by atoms with Crippen LogP contribution in [-0.4, -0.2) is 4.99 Å². The van der Waals surface area contributed by atoms with E-state index in [0.717, 1.165) is 11.4 Å². The third kappa shape index (κ3) is 4.02. The summed E-state index contributed by atoms with van der Waals surface area (Å²) in [6.07, 6.45) is 0.881. The van der Waals surface area contributed by atoms with E-state index in [1.54, 1.807) is 0 Å². The van der Waals surface area contributed by atoms with Crippen LogP contribution in [0.2, 0.25) is 0 Å². The molecular weight excluding hydrogens is 120 g/mol. The van der Waals surface area contributed by atoms with Gasteiger partial charge in [0.05, 0.1) is 4.99 Å². The third-order valence-electron chi connectivity index (χ3n) is 0.755.